The summed E-state index contributed by atoms with van der Waals surface area (Å²) in [6.07, 6.45) is 0. The molecule has 0 amide bonds. The van der Waals surface area contributed by atoms with E-state index < -0.39 is 0 Å². The van der Waals surface area contributed by atoms with Crippen LogP contribution in [0.3, 0.4) is 0 Å². The summed E-state index contributed by atoms with van der Waals surface area (Å²) in [5.74, 6) is 0. The van der Waals surface area contributed by atoms with E-state index in [2.05, 4.69) is 254 Å². The summed E-state index contributed by atoms with van der Waals surface area (Å²) in [6, 6.07) is 91.1. The predicted molar refractivity (Wildman–Crippen MR) is 270 cm³/mol. The highest BCUT2D eigenvalue weighted by Gasteiger charge is 2.20. The number of nitrogens with zero attached hydrogens (tertiary/aromatic N) is 1. The minimum absolute atomic E-state index is 1.09. The third kappa shape index (κ3) is 6.42. The van der Waals surface area contributed by atoms with Gasteiger partial charge >= 0.3 is 0 Å². The highest BCUT2D eigenvalue weighted by atomic mass is 15.1. The second-order valence-electron chi connectivity index (χ2n) is 16.4. The standard InChI is InChI=1S/C62H41N/c1-3-16-42(17-4-1)46-22-15-23-49(38-46)63(48-33-30-45(31-34-48)59-39-47-21-8-10-25-52(47)53-26-11-13-28-55(53)59)50-35-37-58(60(40-50)43-18-5-2-6-19-43)62-41-61-51-24-9-7-20-44(51)32-36-57(61)54-27-12-14-29-56(54)62/h1-41H. The normalized spacial score (nSPS) is 11.5. The Morgan fingerprint density at radius 1 is 0.190 bits per heavy atom. The topological polar surface area (TPSA) is 3.24 Å². The Hall–Kier alpha value is -8.26. The number of fused-ring (bicyclic) bond motifs is 8. The van der Waals surface area contributed by atoms with Gasteiger partial charge in [-0.3, -0.25) is 0 Å². The van der Waals surface area contributed by atoms with Gasteiger partial charge in [0.25, 0.3) is 0 Å². The second kappa shape index (κ2) is 15.3. The molecule has 0 aliphatic carbocycles. The second-order valence-corrected chi connectivity index (χ2v) is 16.4. The van der Waals surface area contributed by atoms with E-state index in [4.69, 9.17) is 0 Å². The Balaban J connectivity index is 1.07. The molecule has 0 N–H and O–H groups in total. The third-order valence-corrected chi connectivity index (χ3v) is 12.8. The van der Waals surface area contributed by atoms with Crippen LogP contribution in [0, 0.1) is 0 Å². The van der Waals surface area contributed by atoms with Gasteiger partial charge in [-0.1, -0.05) is 200 Å². The quantitative estimate of drug-likeness (QED) is 0.145. The fourth-order valence-corrected chi connectivity index (χ4v) is 9.83. The van der Waals surface area contributed by atoms with Gasteiger partial charge in [-0.15, -0.1) is 0 Å². The van der Waals surface area contributed by atoms with E-state index in [1.807, 2.05) is 0 Å². The highest BCUT2D eigenvalue weighted by Crippen LogP contribution is 2.46. The SMILES string of the molecule is c1ccc(-c2cccc(N(c3ccc(-c4cc5ccccc5c5ccccc45)cc3)c3ccc(-c4cc5c6ccccc6ccc5c5ccccc45)c(-c4ccccc4)c3)c2)cc1. The molecule has 1 heteroatoms. The van der Waals surface area contributed by atoms with Crippen LogP contribution in [0.25, 0.3) is 98.4 Å². The summed E-state index contributed by atoms with van der Waals surface area (Å²) in [7, 11) is 0. The average molecular weight is 800 g/mol. The Labute approximate surface area is 367 Å². The molecule has 0 radical (unpaired) electrons. The summed E-state index contributed by atoms with van der Waals surface area (Å²) in [6.45, 7) is 0. The fourth-order valence-electron chi connectivity index (χ4n) is 9.83. The van der Waals surface area contributed by atoms with Crippen molar-refractivity contribution in [2.24, 2.45) is 0 Å². The number of rotatable bonds is 7. The summed E-state index contributed by atoms with van der Waals surface area (Å²) < 4.78 is 0. The zero-order valence-electron chi connectivity index (χ0n) is 34.6. The van der Waals surface area contributed by atoms with E-state index in [-0.39, 0.29) is 0 Å². The maximum absolute atomic E-state index is 2.43. The summed E-state index contributed by atoms with van der Waals surface area (Å²) in [4.78, 5) is 2.41. The lowest BCUT2D eigenvalue weighted by molar-refractivity contribution is 1.28. The molecule has 0 bridgehead atoms. The van der Waals surface area contributed by atoms with Gasteiger partial charge in [0, 0.05) is 17.1 Å². The van der Waals surface area contributed by atoms with Crippen LogP contribution in [0.4, 0.5) is 17.1 Å². The van der Waals surface area contributed by atoms with Gasteiger partial charge in [0.05, 0.1) is 0 Å². The van der Waals surface area contributed by atoms with Crippen molar-refractivity contribution in [1.82, 2.24) is 0 Å². The van der Waals surface area contributed by atoms with Crippen LogP contribution in [0.5, 0.6) is 0 Å². The molecule has 0 aromatic heterocycles. The Kier molecular flexibility index (Phi) is 8.90. The molecular formula is C62H41N. The summed E-state index contributed by atoms with van der Waals surface area (Å²) >= 11 is 0. The molecule has 0 aliphatic heterocycles. The lowest BCUT2D eigenvalue weighted by Crippen LogP contribution is -2.10. The van der Waals surface area contributed by atoms with Crippen molar-refractivity contribution in [2.45, 2.75) is 0 Å². The van der Waals surface area contributed by atoms with E-state index in [0.29, 0.717) is 0 Å². The van der Waals surface area contributed by atoms with Crippen LogP contribution in [-0.2, 0) is 0 Å². The van der Waals surface area contributed by atoms with Gasteiger partial charge in [0.15, 0.2) is 0 Å². The van der Waals surface area contributed by atoms with Gasteiger partial charge in [0.2, 0.25) is 0 Å². The summed E-state index contributed by atoms with van der Waals surface area (Å²) in [5.41, 5.74) is 12.8. The van der Waals surface area contributed by atoms with Crippen molar-refractivity contribution in [1.29, 1.82) is 0 Å². The molecule has 0 aliphatic rings. The van der Waals surface area contributed by atoms with Gasteiger partial charge in [0.1, 0.15) is 0 Å². The van der Waals surface area contributed by atoms with Crippen molar-refractivity contribution in [3.8, 4) is 44.5 Å². The first kappa shape index (κ1) is 36.6. The molecule has 12 aromatic carbocycles. The predicted octanol–water partition coefficient (Wildman–Crippen LogP) is 17.6. The molecule has 294 valence electrons. The van der Waals surface area contributed by atoms with E-state index in [9.17, 15) is 0 Å². The van der Waals surface area contributed by atoms with Crippen molar-refractivity contribution in [3.63, 3.8) is 0 Å². The van der Waals surface area contributed by atoms with Gasteiger partial charge < -0.3 is 4.90 Å². The molecular weight excluding hydrogens is 759 g/mol. The minimum atomic E-state index is 1.09. The van der Waals surface area contributed by atoms with Gasteiger partial charge in [-0.05, 0) is 147 Å². The molecule has 0 fully saturated rings. The van der Waals surface area contributed by atoms with E-state index in [1.165, 1.54) is 98.4 Å². The zero-order chi connectivity index (χ0) is 41.7. The van der Waals surface area contributed by atoms with Gasteiger partial charge in [-0.25, -0.2) is 0 Å². The van der Waals surface area contributed by atoms with Crippen molar-refractivity contribution >= 4 is 70.9 Å². The molecule has 1 nitrogen and oxygen atoms in total. The first-order chi connectivity index (χ1) is 31.2. The van der Waals surface area contributed by atoms with Crippen LogP contribution < -0.4 is 4.90 Å². The number of benzene rings is 12. The summed E-state index contributed by atoms with van der Waals surface area (Å²) in [5, 5.41) is 12.6. The smallest absolute Gasteiger partial charge is 0.0468 e. The van der Waals surface area contributed by atoms with Crippen molar-refractivity contribution in [2.75, 3.05) is 4.90 Å². The van der Waals surface area contributed by atoms with Gasteiger partial charge in [-0.2, -0.15) is 0 Å². The molecule has 0 spiro atoms. The number of hydrogen-bond donors (Lipinski definition) is 0. The monoisotopic (exact) mass is 799 g/mol. The first-order valence-corrected chi connectivity index (χ1v) is 21.7. The molecule has 12 aromatic rings. The van der Waals surface area contributed by atoms with Crippen molar-refractivity contribution in [3.05, 3.63) is 249 Å². The third-order valence-electron chi connectivity index (χ3n) is 12.8. The fraction of sp³-hybridized carbons (Fsp3) is 0. The van der Waals surface area contributed by atoms with Crippen molar-refractivity contribution < 1.29 is 0 Å². The molecule has 0 heterocycles. The first-order valence-electron chi connectivity index (χ1n) is 21.7. The Morgan fingerprint density at radius 2 is 0.698 bits per heavy atom. The molecule has 0 unspecified atom stereocenters. The molecule has 63 heavy (non-hydrogen) atoms. The van der Waals surface area contributed by atoms with Crippen LogP contribution in [0.1, 0.15) is 0 Å². The Morgan fingerprint density at radius 3 is 1.43 bits per heavy atom. The molecule has 12 rings (SSSR count). The van der Waals surface area contributed by atoms with Crippen LogP contribution in [0.15, 0.2) is 249 Å². The van der Waals surface area contributed by atoms with E-state index >= 15 is 0 Å². The minimum Gasteiger partial charge on any atom is -0.310 e. The maximum Gasteiger partial charge on any atom is 0.0468 e. The zero-order valence-corrected chi connectivity index (χ0v) is 34.6. The van der Waals surface area contributed by atoms with Crippen LogP contribution in [0.2, 0.25) is 0 Å². The average Bonchev–Trinajstić information content (AvgIpc) is 3.37. The Bertz CT molecular complexity index is 3660. The van der Waals surface area contributed by atoms with Crippen LogP contribution >= 0.6 is 0 Å². The lowest BCUT2D eigenvalue weighted by Gasteiger charge is -2.28. The largest absolute Gasteiger partial charge is 0.310 e. The highest BCUT2D eigenvalue weighted by molar-refractivity contribution is 6.21. The number of hydrogen-bond acceptors (Lipinski definition) is 1. The molecule has 0 atom stereocenters. The molecule has 0 saturated heterocycles. The maximum atomic E-state index is 2.43. The van der Waals surface area contributed by atoms with E-state index in [1.54, 1.807) is 0 Å². The number of anilines is 3. The van der Waals surface area contributed by atoms with Crippen LogP contribution in [-0.4, -0.2) is 0 Å². The molecule has 0 saturated carbocycles. The lowest BCUT2D eigenvalue weighted by atomic mass is 9.87. The van der Waals surface area contributed by atoms with E-state index in [0.717, 1.165) is 17.1 Å².